The second kappa shape index (κ2) is 11.1. The summed E-state index contributed by atoms with van der Waals surface area (Å²) in [5.41, 5.74) is -2.06. The van der Waals surface area contributed by atoms with Gasteiger partial charge in [-0.1, -0.05) is 33.3 Å². The molecule has 0 aliphatic heterocycles. The molecule has 11 nitrogen and oxygen atoms in total. The zero-order chi connectivity index (χ0) is 35.2. The molecule has 11 heteroatoms. The Balaban J connectivity index is 1.35. The first-order valence-electron chi connectivity index (χ1n) is 17.4. The molecule has 5 aliphatic rings. The van der Waals surface area contributed by atoms with Crippen molar-refractivity contribution in [3.8, 4) is 0 Å². The lowest BCUT2D eigenvalue weighted by molar-refractivity contribution is -0.200. The third kappa shape index (κ3) is 4.91. The molecule has 0 spiro atoms. The predicted octanol–water partition coefficient (Wildman–Crippen LogP) is 6.50. The number of rotatable bonds is 5. The van der Waals surface area contributed by atoms with Gasteiger partial charge in [-0.05, 0) is 118 Å². The number of carbonyl (C=O) groups excluding carboxylic acids is 3. The quantitative estimate of drug-likeness (QED) is 0.331. The lowest BCUT2D eigenvalue weighted by Gasteiger charge is -2.70. The van der Waals surface area contributed by atoms with E-state index in [1.807, 2.05) is 19.9 Å². The summed E-state index contributed by atoms with van der Waals surface area (Å²) in [6, 6.07) is 0. The highest BCUT2D eigenvalue weighted by atomic mass is 16.6. The molecule has 1 aromatic heterocycles. The topological polar surface area (TPSA) is 162 Å². The number of fused-ring (bicyclic) bond motifs is 7. The molecule has 264 valence electrons. The maximum atomic E-state index is 14.7. The summed E-state index contributed by atoms with van der Waals surface area (Å²) < 4.78 is 21.2. The summed E-state index contributed by atoms with van der Waals surface area (Å²) in [4.78, 5) is 64.3. The first-order chi connectivity index (χ1) is 22.2. The molecule has 1 heterocycles. The number of esters is 1. The number of aryl methyl sites for hydroxylation is 1. The number of hydrogen-bond acceptors (Lipinski definition) is 9. The highest BCUT2D eigenvalue weighted by Crippen LogP contribution is 2.74. The van der Waals surface area contributed by atoms with Crippen LogP contribution in [0.4, 0.5) is 4.79 Å². The van der Waals surface area contributed by atoms with Crippen LogP contribution in [0.5, 0.6) is 0 Å². The van der Waals surface area contributed by atoms with Gasteiger partial charge in [0.15, 0.2) is 23.9 Å². The molecule has 1 amide bonds. The summed E-state index contributed by atoms with van der Waals surface area (Å²) >= 11 is 0. The second-order valence-corrected chi connectivity index (χ2v) is 17.1. The van der Waals surface area contributed by atoms with E-state index < -0.39 is 51.7 Å². The molecule has 4 saturated carbocycles. The number of aliphatic carboxylic acids is 1. The third-order valence-electron chi connectivity index (χ3n) is 14.5. The molecule has 10 unspecified atom stereocenters. The lowest BCUT2D eigenvalue weighted by Crippen LogP contribution is -2.72. The van der Waals surface area contributed by atoms with E-state index in [4.69, 9.17) is 18.3 Å². The molecule has 0 radical (unpaired) electrons. The lowest BCUT2D eigenvalue weighted by atomic mass is 9.34. The number of allylic oxidation sites excluding steroid dienone is 2. The average Bonchev–Trinajstić information content (AvgIpc) is 3.31. The van der Waals surface area contributed by atoms with E-state index in [9.17, 15) is 29.1 Å². The fourth-order valence-corrected chi connectivity index (χ4v) is 11.5. The smallest absolute Gasteiger partial charge is 0.481 e. The molecule has 4 fully saturated rings. The SMILES string of the molecule is CC(=O)OC1CCC2(C)C(CCC3(C)C2C(=O)C=C2C4CC(C)(C(=O)O)CCC4(C)CCC23C)C1(C)NC(=O)OCc1oc(=O)oc1C. The monoisotopic (exact) mass is 669 g/mol. The highest BCUT2D eigenvalue weighted by Gasteiger charge is 2.71. The van der Waals surface area contributed by atoms with Gasteiger partial charge in [0.1, 0.15) is 6.10 Å². The first-order valence-corrected chi connectivity index (χ1v) is 17.4. The van der Waals surface area contributed by atoms with E-state index >= 15 is 0 Å². The third-order valence-corrected chi connectivity index (χ3v) is 14.5. The van der Waals surface area contributed by atoms with Crippen LogP contribution in [0.1, 0.15) is 118 Å². The zero-order valence-corrected chi connectivity index (χ0v) is 29.6. The summed E-state index contributed by atoms with van der Waals surface area (Å²) in [5.74, 6) is -2.28. The zero-order valence-electron chi connectivity index (χ0n) is 29.6. The molecular formula is C37H51NO10. The van der Waals surface area contributed by atoms with Crippen LogP contribution in [-0.4, -0.2) is 40.6 Å². The summed E-state index contributed by atoms with van der Waals surface area (Å²) in [6.07, 6.45) is 6.87. The Bertz CT molecular complexity index is 1640. The Morgan fingerprint density at radius 1 is 0.958 bits per heavy atom. The fourth-order valence-electron chi connectivity index (χ4n) is 11.5. The highest BCUT2D eigenvalue weighted by molar-refractivity contribution is 5.95. The number of nitrogens with one attached hydrogen (secondary N) is 1. The van der Waals surface area contributed by atoms with Gasteiger partial charge in [0, 0.05) is 12.8 Å². The minimum atomic E-state index is -1.06. The van der Waals surface area contributed by atoms with Crippen LogP contribution in [0, 0.1) is 51.8 Å². The van der Waals surface area contributed by atoms with E-state index in [0.29, 0.717) is 32.1 Å². The van der Waals surface area contributed by atoms with E-state index in [0.717, 1.165) is 31.3 Å². The van der Waals surface area contributed by atoms with Crippen molar-refractivity contribution in [3.05, 3.63) is 33.8 Å². The van der Waals surface area contributed by atoms with Crippen molar-refractivity contribution >= 4 is 23.8 Å². The number of amides is 1. The number of alkyl carbamates (subject to hydrolysis) is 1. The molecule has 48 heavy (non-hydrogen) atoms. The van der Waals surface area contributed by atoms with Crippen molar-refractivity contribution in [1.29, 1.82) is 0 Å². The number of ether oxygens (including phenoxy) is 2. The van der Waals surface area contributed by atoms with Crippen LogP contribution in [0.2, 0.25) is 0 Å². The Morgan fingerprint density at radius 3 is 2.27 bits per heavy atom. The van der Waals surface area contributed by atoms with E-state index in [1.165, 1.54) is 6.92 Å². The molecule has 1 aromatic rings. The van der Waals surface area contributed by atoms with Crippen LogP contribution in [0.15, 0.2) is 25.3 Å². The van der Waals surface area contributed by atoms with Crippen LogP contribution >= 0.6 is 0 Å². The first kappa shape index (κ1) is 34.5. The summed E-state index contributed by atoms with van der Waals surface area (Å²) in [5, 5.41) is 13.3. The average molecular weight is 670 g/mol. The van der Waals surface area contributed by atoms with Crippen molar-refractivity contribution in [2.45, 2.75) is 131 Å². The van der Waals surface area contributed by atoms with Crippen LogP contribution in [0.25, 0.3) is 0 Å². The second-order valence-electron chi connectivity index (χ2n) is 17.1. The van der Waals surface area contributed by atoms with E-state index in [-0.39, 0.29) is 52.5 Å². The molecule has 0 aromatic carbocycles. The Kier molecular flexibility index (Phi) is 7.95. The van der Waals surface area contributed by atoms with Crippen molar-refractivity contribution in [3.63, 3.8) is 0 Å². The van der Waals surface area contributed by atoms with Crippen LogP contribution in [0.3, 0.4) is 0 Å². The van der Waals surface area contributed by atoms with Crippen molar-refractivity contribution < 1.29 is 42.6 Å². The van der Waals surface area contributed by atoms with Gasteiger partial charge in [0.05, 0.1) is 11.0 Å². The van der Waals surface area contributed by atoms with Crippen molar-refractivity contribution in [2.75, 3.05) is 0 Å². The largest absolute Gasteiger partial charge is 0.519 e. The van der Waals surface area contributed by atoms with Crippen molar-refractivity contribution in [1.82, 2.24) is 5.32 Å². The maximum absolute atomic E-state index is 14.7. The van der Waals surface area contributed by atoms with Crippen LogP contribution in [-0.2, 0) is 30.5 Å². The number of hydrogen-bond donors (Lipinski definition) is 2. The predicted molar refractivity (Wildman–Crippen MR) is 173 cm³/mol. The van der Waals surface area contributed by atoms with Gasteiger partial charge >= 0.3 is 23.9 Å². The Hall–Kier alpha value is -3.37. The Morgan fingerprint density at radius 2 is 1.65 bits per heavy atom. The molecule has 2 N–H and O–H groups in total. The Labute approximate surface area is 281 Å². The maximum Gasteiger partial charge on any atom is 0.519 e. The van der Waals surface area contributed by atoms with Gasteiger partial charge in [0.2, 0.25) is 0 Å². The van der Waals surface area contributed by atoms with E-state index in [2.05, 4.69) is 33.0 Å². The number of carbonyl (C=O) groups is 4. The van der Waals surface area contributed by atoms with Gasteiger partial charge in [0.25, 0.3) is 0 Å². The van der Waals surface area contributed by atoms with Gasteiger partial charge in [-0.15, -0.1) is 0 Å². The van der Waals surface area contributed by atoms with Gasteiger partial charge in [-0.2, -0.15) is 0 Å². The van der Waals surface area contributed by atoms with Crippen molar-refractivity contribution in [2.24, 2.45) is 44.8 Å². The fraction of sp³-hybridized carbons (Fsp3) is 0.757. The standard InChI is InChI=1S/C37H51NO10/c1-20-25(48-31(44)46-20)19-45-30(43)38-37(8)26-9-12-36(7)28(34(26,5)11-10-27(37)47-21(2)39)24(40)17-22-23-18-33(4,29(41)42)14-13-32(23,3)15-16-35(22,36)6/h17,23,26-28H,9-16,18-19H2,1-8H3,(H,38,43)(H,41,42). The molecule has 6 rings (SSSR count). The van der Waals surface area contributed by atoms with Gasteiger partial charge in [-0.3, -0.25) is 14.4 Å². The molecule has 5 aliphatic carbocycles. The molecule has 0 bridgehead atoms. The molecular weight excluding hydrogens is 618 g/mol. The molecule has 0 saturated heterocycles. The number of carboxylic acid groups (broad SMARTS) is 1. The van der Waals surface area contributed by atoms with Gasteiger partial charge < -0.3 is 28.7 Å². The minimum absolute atomic E-state index is 0.0167. The number of ketones is 1. The number of carboxylic acids is 1. The normalized spacial score (nSPS) is 43.4. The summed E-state index contributed by atoms with van der Waals surface area (Å²) in [7, 11) is 0. The van der Waals surface area contributed by atoms with Crippen LogP contribution < -0.4 is 11.1 Å². The summed E-state index contributed by atoms with van der Waals surface area (Å²) in [6.45, 7) is 15.3. The van der Waals surface area contributed by atoms with E-state index in [1.54, 1.807) is 6.92 Å². The minimum Gasteiger partial charge on any atom is -0.481 e. The van der Waals surface area contributed by atoms with Gasteiger partial charge in [-0.25, -0.2) is 9.59 Å². The molecule has 10 atom stereocenters.